The van der Waals surface area contributed by atoms with Gasteiger partial charge in [0.05, 0.1) is 48.4 Å². The second kappa shape index (κ2) is 13.0. The van der Waals surface area contributed by atoms with Gasteiger partial charge in [0.2, 0.25) is 0 Å². The van der Waals surface area contributed by atoms with Crippen LogP contribution in [-0.4, -0.2) is 48.2 Å². The Morgan fingerprint density at radius 3 is 2.42 bits per heavy atom. The van der Waals surface area contributed by atoms with Crippen LogP contribution in [0, 0.1) is 0 Å². The van der Waals surface area contributed by atoms with Crippen molar-refractivity contribution >= 4 is 32.7 Å². The van der Waals surface area contributed by atoms with E-state index in [0.717, 1.165) is 19.3 Å². The van der Waals surface area contributed by atoms with Crippen LogP contribution in [0.15, 0.2) is 69.9 Å². The minimum atomic E-state index is -0.558. The van der Waals surface area contributed by atoms with Crippen molar-refractivity contribution in [1.82, 2.24) is 14.5 Å². The fourth-order valence-corrected chi connectivity index (χ4v) is 5.28. The summed E-state index contributed by atoms with van der Waals surface area (Å²) in [6.45, 7) is 4.52. The number of fused-ring (bicyclic) bond motifs is 1. The molecule has 0 saturated heterocycles. The maximum absolute atomic E-state index is 14.1. The van der Waals surface area contributed by atoms with Crippen molar-refractivity contribution in [3.63, 3.8) is 0 Å². The molecule has 0 saturated carbocycles. The van der Waals surface area contributed by atoms with E-state index in [1.165, 1.54) is 0 Å². The van der Waals surface area contributed by atoms with E-state index < -0.39 is 6.04 Å². The Bertz CT molecular complexity index is 1570. The molecule has 0 fully saturated rings. The number of amides is 1. The van der Waals surface area contributed by atoms with E-state index in [4.69, 9.17) is 19.2 Å². The zero-order valence-electron chi connectivity index (χ0n) is 23.4. The van der Waals surface area contributed by atoms with Crippen LogP contribution in [0.3, 0.4) is 0 Å². The number of carbonyl (C=O) groups excluding carboxylic acids is 1. The highest BCUT2D eigenvalue weighted by molar-refractivity contribution is 9.10. The van der Waals surface area contributed by atoms with Crippen LogP contribution >= 0.6 is 15.9 Å². The van der Waals surface area contributed by atoms with E-state index in [1.807, 2.05) is 25.1 Å². The Kier molecular flexibility index (Phi) is 9.47. The molecule has 0 radical (unpaired) electrons. The van der Waals surface area contributed by atoms with Gasteiger partial charge in [-0.1, -0.05) is 38.0 Å². The van der Waals surface area contributed by atoms with Gasteiger partial charge < -0.3 is 19.1 Å². The molecule has 3 aromatic carbocycles. The quantitative estimate of drug-likeness (QED) is 0.179. The lowest BCUT2D eigenvalue weighted by molar-refractivity contribution is 0.0677. The highest BCUT2D eigenvalue weighted by atomic mass is 79.9. The van der Waals surface area contributed by atoms with Gasteiger partial charge in [0.25, 0.3) is 11.5 Å². The van der Waals surface area contributed by atoms with Gasteiger partial charge >= 0.3 is 0 Å². The third-order valence-corrected chi connectivity index (χ3v) is 7.71. The molecule has 1 heterocycles. The van der Waals surface area contributed by atoms with Crippen LogP contribution < -0.4 is 19.8 Å². The van der Waals surface area contributed by atoms with Crippen molar-refractivity contribution in [3.8, 4) is 22.9 Å². The first-order valence-electron chi connectivity index (χ1n) is 13.2. The molecule has 8 nitrogen and oxygen atoms in total. The number of ether oxygens (including phenoxy) is 3. The van der Waals surface area contributed by atoms with E-state index in [1.54, 1.807) is 73.3 Å². The van der Waals surface area contributed by atoms with E-state index in [0.29, 0.717) is 56.2 Å². The normalized spacial score (nSPS) is 11.8. The molecule has 0 aliphatic rings. The SMILES string of the molecule is CCCCCN(C(=O)c1cccc(OC)c1)C(C)c1nc2ccccc2c(=O)n1-c1cc(OC)cc(OC)c1Br. The summed E-state index contributed by atoms with van der Waals surface area (Å²) in [6, 6.07) is 17.2. The molecule has 4 rings (SSSR count). The number of hydrogen-bond acceptors (Lipinski definition) is 6. The highest BCUT2D eigenvalue weighted by Crippen LogP contribution is 2.37. The molecule has 0 spiro atoms. The van der Waals surface area contributed by atoms with Gasteiger partial charge in [0.15, 0.2) is 0 Å². The van der Waals surface area contributed by atoms with Crippen molar-refractivity contribution in [3.05, 3.63) is 86.9 Å². The average Bonchev–Trinajstić information content (AvgIpc) is 2.99. The standard InChI is InChI=1S/C31H34BrN3O5/c1-6-7-10-16-34(30(36)21-12-11-13-22(17-21)38-3)20(2)29-33-25-15-9-8-14-24(25)31(37)35(29)26-18-23(39-4)19-27(40-5)28(26)32/h8-9,11-15,17-20H,6-7,10,16H2,1-5H3. The molecule has 0 bridgehead atoms. The van der Waals surface area contributed by atoms with Gasteiger partial charge in [0, 0.05) is 24.2 Å². The predicted octanol–water partition coefficient (Wildman–Crippen LogP) is 6.57. The summed E-state index contributed by atoms with van der Waals surface area (Å²) in [5.74, 6) is 1.87. The fraction of sp³-hybridized carbons (Fsp3) is 0.323. The van der Waals surface area contributed by atoms with E-state index in [-0.39, 0.29) is 11.5 Å². The fourth-order valence-electron chi connectivity index (χ4n) is 4.72. The number of methoxy groups -OCH3 is 3. The first-order chi connectivity index (χ1) is 19.3. The highest BCUT2D eigenvalue weighted by Gasteiger charge is 2.29. The van der Waals surface area contributed by atoms with Crippen molar-refractivity contribution in [2.45, 2.75) is 39.2 Å². The minimum Gasteiger partial charge on any atom is -0.497 e. The van der Waals surface area contributed by atoms with Crippen molar-refractivity contribution in [2.75, 3.05) is 27.9 Å². The van der Waals surface area contributed by atoms with Gasteiger partial charge in [-0.2, -0.15) is 0 Å². The summed E-state index contributed by atoms with van der Waals surface area (Å²) >= 11 is 3.63. The monoisotopic (exact) mass is 607 g/mol. The molecule has 0 N–H and O–H groups in total. The lowest BCUT2D eigenvalue weighted by atomic mass is 10.1. The van der Waals surface area contributed by atoms with Crippen LogP contribution in [0.25, 0.3) is 16.6 Å². The maximum Gasteiger partial charge on any atom is 0.266 e. The number of nitrogens with zero attached hydrogens (tertiary/aromatic N) is 3. The average molecular weight is 609 g/mol. The number of halogens is 1. The Labute approximate surface area is 242 Å². The third-order valence-electron chi connectivity index (χ3n) is 6.91. The summed E-state index contributed by atoms with van der Waals surface area (Å²) in [6.07, 6.45) is 2.78. The topological polar surface area (TPSA) is 82.9 Å². The van der Waals surface area contributed by atoms with Crippen molar-refractivity contribution in [1.29, 1.82) is 0 Å². The Balaban J connectivity index is 1.96. The maximum atomic E-state index is 14.1. The molecule has 1 atom stereocenters. The van der Waals surface area contributed by atoms with Crippen LogP contribution in [0.2, 0.25) is 0 Å². The molecule has 0 aliphatic carbocycles. The van der Waals surface area contributed by atoms with Gasteiger partial charge in [-0.25, -0.2) is 4.98 Å². The molecule has 1 amide bonds. The first kappa shape index (κ1) is 29.1. The first-order valence-corrected chi connectivity index (χ1v) is 14.0. The van der Waals surface area contributed by atoms with Crippen LogP contribution in [0.5, 0.6) is 17.2 Å². The molecular weight excluding hydrogens is 574 g/mol. The molecule has 9 heteroatoms. The van der Waals surface area contributed by atoms with Crippen LogP contribution in [-0.2, 0) is 0 Å². The number of rotatable bonds is 11. The number of benzene rings is 3. The van der Waals surface area contributed by atoms with Crippen molar-refractivity contribution < 1.29 is 19.0 Å². The number of para-hydroxylation sites is 1. The summed E-state index contributed by atoms with van der Waals surface area (Å²) in [5, 5.41) is 0.462. The molecular formula is C31H34BrN3O5. The molecule has 1 aromatic heterocycles. The largest absolute Gasteiger partial charge is 0.497 e. The summed E-state index contributed by atoms with van der Waals surface area (Å²) in [5.41, 5.74) is 1.30. The van der Waals surface area contributed by atoms with Gasteiger partial charge in [0.1, 0.15) is 23.1 Å². The van der Waals surface area contributed by atoms with Crippen molar-refractivity contribution in [2.24, 2.45) is 0 Å². The Morgan fingerprint density at radius 2 is 1.73 bits per heavy atom. The third kappa shape index (κ3) is 5.84. The second-order valence-electron chi connectivity index (χ2n) is 9.40. The summed E-state index contributed by atoms with van der Waals surface area (Å²) < 4.78 is 18.6. The lowest BCUT2D eigenvalue weighted by Crippen LogP contribution is -2.38. The van der Waals surface area contributed by atoms with Crippen LogP contribution in [0.4, 0.5) is 0 Å². The van der Waals surface area contributed by atoms with Gasteiger partial charge in [-0.05, 0) is 59.6 Å². The summed E-state index contributed by atoms with van der Waals surface area (Å²) in [4.78, 5) is 34.9. The molecule has 1 unspecified atom stereocenters. The smallest absolute Gasteiger partial charge is 0.266 e. The predicted molar refractivity (Wildman–Crippen MR) is 160 cm³/mol. The van der Waals surface area contributed by atoms with E-state index >= 15 is 0 Å². The molecule has 4 aromatic rings. The van der Waals surface area contributed by atoms with Crippen LogP contribution in [0.1, 0.15) is 55.3 Å². The Morgan fingerprint density at radius 1 is 0.975 bits per heavy atom. The zero-order valence-corrected chi connectivity index (χ0v) is 25.0. The molecule has 210 valence electrons. The molecule has 40 heavy (non-hydrogen) atoms. The number of hydrogen-bond donors (Lipinski definition) is 0. The van der Waals surface area contributed by atoms with Gasteiger partial charge in [-0.3, -0.25) is 14.2 Å². The lowest BCUT2D eigenvalue weighted by Gasteiger charge is -2.31. The van der Waals surface area contributed by atoms with E-state index in [2.05, 4.69) is 22.9 Å². The number of unbranched alkanes of at least 4 members (excludes halogenated alkanes) is 2. The second-order valence-corrected chi connectivity index (χ2v) is 10.2. The number of aromatic nitrogens is 2. The minimum absolute atomic E-state index is 0.168. The Hall–Kier alpha value is -3.85. The van der Waals surface area contributed by atoms with Gasteiger partial charge in [-0.15, -0.1) is 0 Å². The summed E-state index contributed by atoms with van der Waals surface area (Å²) in [7, 11) is 4.68. The number of carbonyl (C=O) groups is 1. The van der Waals surface area contributed by atoms with E-state index in [9.17, 15) is 9.59 Å². The molecule has 0 aliphatic heterocycles. The zero-order chi connectivity index (χ0) is 28.8.